The summed E-state index contributed by atoms with van der Waals surface area (Å²) in [4.78, 5) is 27.5. The molecule has 0 saturated carbocycles. The molecule has 0 atom stereocenters. The van der Waals surface area contributed by atoms with Crippen molar-refractivity contribution in [3.05, 3.63) is 65.1 Å². The molecule has 0 unspecified atom stereocenters. The number of benzene rings is 1. The Morgan fingerprint density at radius 3 is 2.88 bits per heavy atom. The minimum absolute atomic E-state index is 0.0441. The van der Waals surface area contributed by atoms with Crippen molar-refractivity contribution in [2.24, 2.45) is 0 Å². The Balaban J connectivity index is 1.69. The fourth-order valence-electron chi connectivity index (χ4n) is 2.24. The molecule has 0 radical (unpaired) electrons. The number of esters is 1. The Hall–Kier alpha value is -2.86. The van der Waals surface area contributed by atoms with E-state index in [2.05, 4.69) is 10.3 Å². The third kappa shape index (κ3) is 3.72. The van der Waals surface area contributed by atoms with Crippen LogP contribution in [0.3, 0.4) is 0 Å². The lowest BCUT2D eigenvalue weighted by Crippen LogP contribution is -2.09. The predicted octanol–water partition coefficient (Wildman–Crippen LogP) is 3.30. The summed E-state index contributed by atoms with van der Waals surface area (Å²) in [7, 11) is 0. The number of amides is 1. The highest BCUT2D eigenvalue weighted by molar-refractivity contribution is 6.30. The van der Waals surface area contributed by atoms with E-state index in [-0.39, 0.29) is 12.5 Å². The fraction of sp³-hybridized carbons (Fsp3) is 0.118. The summed E-state index contributed by atoms with van der Waals surface area (Å²) in [5, 5.41) is 3.22. The van der Waals surface area contributed by atoms with Gasteiger partial charge in [-0.15, -0.1) is 0 Å². The molecule has 0 aliphatic rings. The second kappa shape index (κ2) is 6.72. The number of aromatic nitrogens is 2. The third-order valence-corrected chi connectivity index (χ3v) is 3.46. The lowest BCUT2D eigenvalue weighted by Gasteiger charge is -2.06. The maximum absolute atomic E-state index is 12.1. The van der Waals surface area contributed by atoms with Crippen LogP contribution in [0.15, 0.2) is 48.8 Å². The highest BCUT2D eigenvalue weighted by Gasteiger charge is 2.10. The van der Waals surface area contributed by atoms with Gasteiger partial charge in [0.05, 0.1) is 16.3 Å². The Morgan fingerprint density at radius 2 is 2.08 bits per heavy atom. The predicted molar refractivity (Wildman–Crippen MR) is 90.1 cm³/mol. The molecule has 1 N–H and O–H groups in total. The van der Waals surface area contributed by atoms with Crippen LogP contribution in [0.5, 0.6) is 0 Å². The van der Waals surface area contributed by atoms with E-state index in [9.17, 15) is 9.59 Å². The maximum atomic E-state index is 12.1. The van der Waals surface area contributed by atoms with Gasteiger partial charge >= 0.3 is 5.97 Å². The van der Waals surface area contributed by atoms with Crippen LogP contribution in [0.4, 0.5) is 5.69 Å². The molecule has 7 heteroatoms. The number of nitrogens with one attached hydrogen (secondary N) is 1. The van der Waals surface area contributed by atoms with Crippen LogP contribution in [-0.2, 0) is 16.1 Å². The van der Waals surface area contributed by atoms with Gasteiger partial charge in [-0.1, -0.05) is 17.7 Å². The van der Waals surface area contributed by atoms with E-state index in [1.54, 1.807) is 53.2 Å². The van der Waals surface area contributed by atoms with Crippen molar-refractivity contribution >= 4 is 34.8 Å². The van der Waals surface area contributed by atoms with Crippen molar-refractivity contribution in [3.63, 3.8) is 0 Å². The molecule has 1 amide bonds. The molecule has 3 rings (SSSR count). The Morgan fingerprint density at radius 1 is 1.25 bits per heavy atom. The van der Waals surface area contributed by atoms with Crippen LogP contribution in [0.1, 0.15) is 23.0 Å². The third-order valence-electron chi connectivity index (χ3n) is 3.23. The van der Waals surface area contributed by atoms with Crippen molar-refractivity contribution in [2.75, 3.05) is 5.32 Å². The monoisotopic (exact) mass is 343 g/mol. The number of imidazole rings is 1. The quantitative estimate of drug-likeness (QED) is 0.738. The number of rotatable bonds is 4. The number of ether oxygens (including phenoxy) is 1. The first-order valence-corrected chi connectivity index (χ1v) is 7.57. The molecule has 0 fully saturated rings. The number of pyridine rings is 1. The zero-order valence-electron chi connectivity index (χ0n) is 12.8. The van der Waals surface area contributed by atoms with Crippen molar-refractivity contribution in [1.29, 1.82) is 0 Å². The van der Waals surface area contributed by atoms with Gasteiger partial charge in [0, 0.05) is 25.0 Å². The summed E-state index contributed by atoms with van der Waals surface area (Å²) in [5.74, 6) is -0.693. The van der Waals surface area contributed by atoms with Crippen LogP contribution >= 0.6 is 11.6 Å². The van der Waals surface area contributed by atoms with Crippen molar-refractivity contribution in [3.8, 4) is 0 Å². The van der Waals surface area contributed by atoms with Crippen LogP contribution in [-0.4, -0.2) is 21.3 Å². The normalized spacial score (nSPS) is 10.6. The first-order chi connectivity index (χ1) is 11.5. The minimum atomic E-state index is -0.489. The number of anilines is 1. The van der Waals surface area contributed by atoms with Gasteiger partial charge in [0.15, 0.2) is 0 Å². The van der Waals surface area contributed by atoms with Crippen LogP contribution in [0.25, 0.3) is 5.65 Å². The van der Waals surface area contributed by atoms with Crippen molar-refractivity contribution in [1.82, 2.24) is 9.38 Å². The van der Waals surface area contributed by atoms with Gasteiger partial charge < -0.3 is 14.5 Å². The molecule has 6 nitrogen and oxygen atoms in total. The highest BCUT2D eigenvalue weighted by Crippen LogP contribution is 2.14. The van der Waals surface area contributed by atoms with E-state index in [0.29, 0.717) is 22.0 Å². The van der Waals surface area contributed by atoms with Gasteiger partial charge in [-0.2, -0.15) is 0 Å². The topological polar surface area (TPSA) is 72.7 Å². The summed E-state index contributed by atoms with van der Waals surface area (Å²) >= 11 is 5.92. The molecular weight excluding hydrogens is 330 g/mol. The van der Waals surface area contributed by atoms with Gasteiger partial charge in [-0.05, 0) is 30.3 Å². The zero-order chi connectivity index (χ0) is 17.1. The van der Waals surface area contributed by atoms with Crippen LogP contribution in [0.2, 0.25) is 5.02 Å². The SMILES string of the molecule is CC(=O)Nc1cccc(C(=O)OCc2cn3cc(Cl)ccc3n2)c1. The molecule has 24 heavy (non-hydrogen) atoms. The Labute approximate surface area is 143 Å². The number of halogens is 1. The molecule has 0 aliphatic heterocycles. The van der Waals surface area contributed by atoms with Crippen LogP contribution < -0.4 is 5.32 Å². The average molecular weight is 344 g/mol. The first kappa shape index (κ1) is 16.0. The van der Waals surface area contributed by atoms with E-state index < -0.39 is 5.97 Å². The largest absolute Gasteiger partial charge is 0.456 e. The number of nitrogens with zero attached hydrogens (tertiary/aromatic N) is 2. The molecule has 0 bridgehead atoms. The van der Waals surface area contributed by atoms with Gasteiger partial charge in [-0.25, -0.2) is 9.78 Å². The maximum Gasteiger partial charge on any atom is 0.338 e. The van der Waals surface area contributed by atoms with E-state index in [0.717, 1.165) is 5.65 Å². The van der Waals surface area contributed by atoms with Crippen molar-refractivity contribution in [2.45, 2.75) is 13.5 Å². The molecule has 2 aromatic heterocycles. The molecule has 3 aromatic rings. The van der Waals surface area contributed by atoms with Gasteiger partial charge in [-0.3, -0.25) is 4.79 Å². The first-order valence-electron chi connectivity index (χ1n) is 7.19. The van der Waals surface area contributed by atoms with E-state index in [1.165, 1.54) is 6.92 Å². The van der Waals surface area contributed by atoms with E-state index in [4.69, 9.17) is 16.3 Å². The standard InChI is InChI=1S/C17H14ClN3O3/c1-11(22)19-14-4-2-3-12(7-14)17(23)24-10-15-9-21-8-13(18)5-6-16(21)20-15/h2-9H,10H2,1H3,(H,19,22). The number of hydrogen-bond acceptors (Lipinski definition) is 4. The minimum Gasteiger partial charge on any atom is -0.456 e. The lowest BCUT2D eigenvalue weighted by molar-refractivity contribution is -0.114. The summed E-state index contributed by atoms with van der Waals surface area (Å²) < 4.78 is 7.04. The van der Waals surface area contributed by atoms with Gasteiger partial charge in [0.25, 0.3) is 0 Å². The molecule has 1 aromatic carbocycles. The summed E-state index contributed by atoms with van der Waals surface area (Å²) in [6, 6.07) is 10.1. The van der Waals surface area contributed by atoms with Crippen LogP contribution in [0, 0.1) is 0 Å². The molecule has 0 aliphatic carbocycles. The lowest BCUT2D eigenvalue weighted by atomic mass is 10.2. The molecular formula is C17H14ClN3O3. The Bertz CT molecular complexity index is 920. The van der Waals surface area contributed by atoms with E-state index >= 15 is 0 Å². The fourth-order valence-corrected chi connectivity index (χ4v) is 2.40. The number of carbonyl (C=O) groups excluding carboxylic acids is 2. The average Bonchev–Trinajstić information content (AvgIpc) is 2.94. The number of hydrogen-bond donors (Lipinski definition) is 1. The van der Waals surface area contributed by atoms with E-state index in [1.807, 2.05) is 0 Å². The molecule has 0 saturated heterocycles. The summed E-state index contributed by atoms with van der Waals surface area (Å²) in [6.07, 6.45) is 3.48. The second-order valence-electron chi connectivity index (χ2n) is 5.18. The molecule has 122 valence electrons. The highest BCUT2D eigenvalue weighted by atomic mass is 35.5. The van der Waals surface area contributed by atoms with Crippen molar-refractivity contribution < 1.29 is 14.3 Å². The summed E-state index contributed by atoms with van der Waals surface area (Å²) in [6.45, 7) is 1.45. The number of fused-ring (bicyclic) bond motifs is 1. The molecule has 0 spiro atoms. The Kier molecular flexibility index (Phi) is 4.48. The smallest absolute Gasteiger partial charge is 0.338 e. The van der Waals surface area contributed by atoms with Gasteiger partial charge in [0.2, 0.25) is 5.91 Å². The number of carbonyl (C=O) groups is 2. The molecule has 2 heterocycles. The van der Waals surface area contributed by atoms with Gasteiger partial charge in [0.1, 0.15) is 12.3 Å². The second-order valence-corrected chi connectivity index (χ2v) is 5.62. The summed E-state index contributed by atoms with van der Waals surface area (Å²) in [5.41, 5.74) is 2.23. The zero-order valence-corrected chi connectivity index (χ0v) is 13.6.